The highest BCUT2D eigenvalue weighted by atomic mass is 16.6. The van der Waals surface area contributed by atoms with Crippen molar-refractivity contribution in [3.8, 4) is 0 Å². The first-order chi connectivity index (χ1) is 10.2. The monoisotopic (exact) mass is 288 g/mol. The van der Waals surface area contributed by atoms with Crippen LogP contribution in [0.3, 0.4) is 0 Å². The lowest BCUT2D eigenvalue weighted by Gasteiger charge is -2.08. The molecular formula is C18H28N2O. The highest BCUT2D eigenvalue weighted by Crippen LogP contribution is 2.05. The number of nitrogens with zero attached hydrogens (tertiary/aromatic N) is 1. The fourth-order valence-corrected chi connectivity index (χ4v) is 1.55. The normalized spacial score (nSPS) is 15.7. The third kappa shape index (κ3) is 10.6. The molecule has 0 radical (unpaired) electrons. The van der Waals surface area contributed by atoms with Crippen LogP contribution >= 0.6 is 0 Å². The van der Waals surface area contributed by atoms with E-state index in [1.807, 2.05) is 31.2 Å². The van der Waals surface area contributed by atoms with Crippen molar-refractivity contribution < 1.29 is 4.84 Å². The van der Waals surface area contributed by atoms with Crippen molar-refractivity contribution in [1.29, 1.82) is 0 Å². The molecule has 0 aliphatic rings. The molecule has 1 unspecified atom stereocenters. The summed E-state index contributed by atoms with van der Waals surface area (Å²) in [6, 6.07) is -0.195. The molecule has 3 nitrogen and oxygen atoms in total. The summed E-state index contributed by atoms with van der Waals surface area (Å²) in [7, 11) is 0. The number of rotatable bonds is 11. The van der Waals surface area contributed by atoms with Gasteiger partial charge in [0.2, 0.25) is 0 Å². The minimum Gasteiger partial charge on any atom is -0.396 e. The first-order valence-electron chi connectivity index (χ1n) is 7.27. The van der Waals surface area contributed by atoms with Crippen LogP contribution in [0.1, 0.15) is 26.7 Å². The summed E-state index contributed by atoms with van der Waals surface area (Å²) in [6.07, 6.45) is 17.0. The van der Waals surface area contributed by atoms with E-state index in [0.29, 0.717) is 12.5 Å². The Labute approximate surface area is 129 Å². The standard InChI is InChI=1S/C18H28N2O/c1-5-8-9-10-13-16(4)15-21-20-14-17(11-6-2)18(19)12-7-3/h5-7,9-12,14,16,18H,1-2,8,13,15,19H2,3-4H3/b10-9-,12-7+,17-11-,20-14-/t16?,18-/m0/s1. The van der Waals surface area contributed by atoms with Crippen LogP contribution in [-0.2, 0) is 4.84 Å². The molecule has 116 valence electrons. The molecule has 3 heteroatoms. The minimum absolute atomic E-state index is 0.195. The van der Waals surface area contributed by atoms with E-state index < -0.39 is 0 Å². The lowest BCUT2D eigenvalue weighted by molar-refractivity contribution is 0.115. The maximum Gasteiger partial charge on any atom is 0.120 e. The Hall–Kier alpha value is -1.87. The summed E-state index contributed by atoms with van der Waals surface area (Å²) in [4.78, 5) is 5.32. The van der Waals surface area contributed by atoms with E-state index in [4.69, 9.17) is 10.6 Å². The Kier molecular flexibility index (Phi) is 12.0. The number of oxime groups is 1. The van der Waals surface area contributed by atoms with Crippen LogP contribution < -0.4 is 5.73 Å². The van der Waals surface area contributed by atoms with Crippen molar-refractivity contribution in [2.24, 2.45) is 16.8 Å². The molecule has 0 aliphatic carbocycles. The molecule has 0 saturated heterocycles. The fourth-order valence-electron chi connectivity index (χ4n) is 1.55. The van der Waals surface area contributed by atoms with Gasteiger partial charge in [0, 0.05) is 6.04 Å². The van der Waals surface area contributed by atoms with Crippen molar-refractivity contribution in [2.75, 3.05) is 6.61 Å². The second-order valence-electron chi connectivity index (χ2n) is 4.82. The van der Waals surface area contributed by atoms with Crippen LogP contribution in [0.15, 0.2) is 66.4 Å². The quantitative estimate of drug-likeness (QED) is 0.268. The van der Waals surface area contributed by atoms with Crippen LogP contribution in [0, 0.1) is 5.92 Å². The summed E-state index contributed by atoms with van der Waals surface area (Å²) in [6.45, 7) is 12.0. The van der Waals surface area contributed by atoms with Gasteiger partial charge in [-0.05, 0) is 31.3 Å². The van der Waals surface area contributed by atoms with Gasteiger partial charge in [-0.3, -0.25) is 0 Å². The molecule has 0 bridgehead atoms. The Balaban J connectivity index is 4.20. The lowest BCUT2D eigenvalue weighted by Crippen LogP contribution is -2.20. The summed E-state index contributed by atoms with van der Waals surface area (Å²) >= 11 is 0. The minimum atomic E-state index is -0.195. The van der Waals surface area contributed by atoms with Crippen LogP contribution in [0.4, 0.5) is 0 Å². The first kappa shape index (κ1) is 19.1. The van der Waals surface area contributed by atoms with E-state index >= 15 is 0 Å². The van der Waals surface area contributed by atoms with Gasteiger partial charge in [0.1, 0.15) is 6.61 Å². The van der Waals surface area contributed by atoms with Crippen LogP contribution in [0.5, 0.6) is 0 Å². The van der Waals surface area contributed by atoms with Crippen LogP contribution in [0.25, 0.3) is 0 Å². The molecule has 2 atom stereocenters. The van der Waals surface area contributed by atoms with Gasteiger partial charge in [0.25, 0.3) is 0 Å². The van der Waals surface area contributed by atoms with E-state index in [1.165, 1.54) is 0 Å². The summed E-state index contributed by atoms with van der Waals surface area (Å²) < 4.78 is 0. The van der Waals surface area contributed by atoms with Gasteiger partial charge in [-0.1, -0.05) is 61.2 Å². The molecule has 0 aliphatic heterocycles. The Bertz CT molecular complexity index is 405. The zero-order chi connectivity index (χ0) is 15.9. The second-order valence-corrected chi connectivity index (χ2v) is 4.82. The zero-order valence-corrected chi connectivity index (χ0v) is 13.2. The molecule has 0 aromatic rings. The summed E-state index contributed by atoms with van der Waals surface area (Å²) in [5, 5.41) is 3.98. The van der Waals surface area contributed by atoms with E-state index in [1.54, 1.807) is 12.3 Å². The average Bonchev–Trinajstić information content (AvgIpc) is 2.47. The number of nitrogens with two attached hydrogens (primary N) is 1. The SMILES string of the molecule is C=C/C=C(/C=N\OCC(C)C/C=C\CC=C)[C@@H](N)/C=C/C. The largest absolute Gasteiger partial charge is 0.396 e. The maximum absolute atomic E-state index is 5.98. The Morgan fingerprint density at radius 2 is 2.10 bits per heavy atom. The van der Waals surface area contributed by atoms with Crippen molar-refractivity contribution >= 4 is 6.21 Å². The highest BCUT2D eigenvalue weighted by Gasteiger charge is 2.03. The molecule has 0 aromatic carbocycles. The van der Waals surface area contributed by atoms with Gasteiger partial charge in [-0.25, -0.2) is 0 Å². The third-order valence-corrected chi connectivity index (χ3v) is 2.74. The van der Waals surface area contributed by atoms with E-state index in [0.717, 1.165) is 18.4 Å². The second kappa shape index (κ2) is 13.1. The zero-order valence-electron chi connectivity index (χ0n) is 13.2. The highest BCUT2D eigenvalue weighted by molar-refractivity contribution is 5.80. The van der Waals surface area contributed by atoms with Crippen molar-refractivity contribution in [3.63, 3.8) is 0 Å². The van der Waals surface area contributed by atoms with Gasteiger partial charge in [0.05, 0.1) is 6.21 Å². The Morgan fingerprint density at radius 3 is 2.71 bits per heavy atom. The Morgan fingerprint density at radius 1 is 1.33 bits per heavy atom. The molecule has 0 amide bonds. The third-order valence-electron chi connectivity index (χ3n) is 2.74. The van der Waals surface area contributed by atoms with Gasteiger partial charge in [0.15, 0.2) is 0 Å². The number of hydrogen-bond acceptors (Lipinski definition) is 3. The predicted octanol–water partition coefficient (Wildman–Crippen LogP) is 4.16. The van der Waals surface area contributed by atoms with Crippen molar-refractivity contribution in [3.05, 3.63) is 61.3 Å². The molecule has 2 N–H and O–H groups in total. The maximum atomic E-state index is 5.98. The molecule has 0 aromatic heterocycles. The molecule has 0 saturated carbocycles. The predicted molar refractivity (Wildman–Crippen MR) is 93.2 cm³/mol. The van der Waals surface area contributed by atoms with E-state index in [-0.39, 0.29) is 6.04 Å². The number of hydrogen-bond donors (Lipinski definition) is 1. The fraction of sp³-hybridized carbons (Fsp3) is 0.389. The first-order valence-corrected chi connectivity index (χ1v) is 7.27. The number of allylic oxidation sites excluding steroid dienone is 6. The van der Waals surface area contributed by atoms with Crippen LogP contribution in [-0.4, -0.2) is 18.9 Å². The van der Waals surface area contributed by atoms with Gasteiger partial charge < -0.3 is 10.6 Å². The van der Waals surface area contributed by atoms with E-state index in [2.05, 4.69) is 37.4 Å². The molecule has 0 fully saturated rings. The van der Waals surface area contributed by atoms with E-state index in [9.17, 15) is 0 Å². The van der Waals surface area contributed by atoms with Gasteiger partial charge in [-0.2, -0.15) is 0 Å². The molecule has 0 rings (SSSR count). The van der Waals surface area contributed by atoms with Crippen molar-refractivity contribution in [2.45, 2.75) is 32.7 Å². The molecule has 21 heavy (non-hydrogen) atoms. The smallest absolute Gasteiger partial charge is 0.120 e. The average molecular weight is 288 g/mol. The summed E-state index contributed by atoms with van der Waals surface area (Å²) in [5.74, 6) is 0.416. The lowest BCUT2D eigenvalue weighted by atomic mass is 10.1. The van der Waals surface area contributed by atoms with Gasteiger partial charge >= 0.3 is 0 Å². The van der Waals surface area contributed by atoms with Gasteiger partial charge in [-0.15, -0.1) is 6.58 Å². The van der Waals surface area contributed by atoms with Crippen molar-refractivity contribution in [1.82, 2.24) is 0 Å². The van der Waals surface area contributed by atoms with Crippen LogP contribution in [0.2, 0.25) is 0 Å². The summed E-state index contributed by atoms with van der Waals surface area (Å²) in [5.41, 5.74) is 6.85. The molecule has 0 spiro atoms. The molecule has 0 heterocycles. The molecular weight excluding hydrogens is 260 g/mol. The topological polar surface area (TPSA) is 47.6 Å².